The van der Waals surface area contributed by atoms with Crippen LogP contribution >= 0.6 is 11.3 Å². The van der Waals surface area contributed by atoms with Gasteiger partial charge >= 0.3 is 0 Å². The van der Waals surface area contributed by atoms with Crippen LogP contribution in [0.25, 0.3) is 10.9 Å². The van der Waals surface area contributed by atoms with Crippen molar-refractivity contribution in [3.63, 3.8) is 0 Å². The molecule has 0 radical (unpaired) electrons. The van der Waals surface area contributed by atoms with Gasteiger partial charge in [0.05, 0.1) is 15.9 Å². The first kappa shape index (κ1) is 12.7. The van der Waals surface area contributed by atoms with E-state index in [0.717, 1.165) is 28.7 Å². The van der Waals surface area contributed by atoms with Gasteiger partial charge in [-0.1, -0.05) is 18.2 Å². The van der Waals surface area contributed by atoms with E-state index in [2.05, 4.69) is 47.6 Å². The first-order valence-corrected chi connectivity index (χ1v) is 7.90. The van der Waals surface area contributed by atoms with Gasteiger partial charge in [0.15, 0.2) is 0 Å². The number of rotatable bonds is 1. The number of hydrogen-bond donors (Lipinski definition) is 0. The quantitative estimate of drug-likeness (QED) is 0.683. The summed E-state index contributed by atoms with van der Waals surface area (Å²) >= 11 is 1.74. The molecular formula is C17H15N3S. The van der Waals surface area contributed by atoms with Crippen molar-refractivity contribution >= 4 is 28.0 Å². The first-order chi connectivity index (χ1) is 10.1. The Morgan fingerprint density at radius 3 is 2.86 bits per heavy atom. The molecule has 0 aliphatic carbocycles. The summed E-state index contributed by atoms with van der Waals surface area (Å²) in [6, 6.07) is 12.3. The van der Waals surface area contributed by atoms with Gasteiger partial charge in [-0.2, -0.15) is 0 Å². The van der Waals surface area contributed by atoms with E-state index >= 15 is 0 Å². The third-order valence-electron chi connectivity index (χ3n) is 3.74. The molecule has 1 aliphatic rings. The third-order valence-corrected chi connectivity index (χ3v) is 4.70. The molecule has 4 rings (SSSR count). The number of aromatic nitrogens is 2. The Morgan fingerprint density at radius 2 is 1.95 bits per heavy atom. The van der Waals surface area contributed by atoms with Crippen molar-refractivity contribution in [2.45, 2.75) is 25.8 Å². The summed E-state index contributed by atoms with van der Waals surface area (Å²) in [6.45, 7) is 4.34. The lowest BCUT2D eigenvalue weighted by molar-refractivity contribution is 0.514. The molecule has 3 heterocycles. The van der Waals surface area contributed by atoms with E-state index in [1.165, 1.54) is 10.4 Å². The molecule has 3 aromatic rings. The summed E-state index contributed by atoms with van der Waals surface area (Å²) < 4.78 is 0. The maximum atomic E-state index is 4.93. The van der Waals surface area contributed by atoms with E-state index in [1.807, 2.05) is 18.2 Å². The predicted molar refractivity (Wildman–Crippen MR) is 87.3 cm³/mol. The summed E-state index contributed by atoms with van der Waals surface area (Å²) in [5.41, 5.74) is 4.05. The van der Waals surface area contributed by atoms with Crippen LogP contribution in [0.4, 0.5) is 0 Å². The molecule has 0 N–H and O–H groups in total. The van der Waals surface area contributed by atoms with Gasteiger partial charge in [0.2, 0.25) is 0 Å². The molecule has 0 saturated heterocycles. The second-order valence-corrected chi connectivity index (χ2v) is 6.93. The van der Waals surface area contributed by atoms with Crippen molar-refractivity contribution in [2.24, 2.45) is 4.99 Å². The number of hydrogen-bond acceptors (Lipinski definition) is 4. The van der Waals surface area contributed by atoms with Gasteiger partial charge in [0.25, 0.3) is 0 Å². The van der Waals surface area contributed by atoms with E-state index in [9.17, 15) is 0 Å². The molecule has 21 heavy (non-hydrogen) atoms. The highest BCUT2D eigenvalue weighted by Gasteiger charge is 2.29. The van der Waals surface area contributed by atoms with Gasteiger partial charge in [0.1, 0.15) is 11.4 Å². The lowest BCUT2D eigenvalue weighted by Crippen LogP contribution is -2.28. The SMILES string of the molecule is CC1(C)Cc2ccsc2C(c2cc3ccccc3nn2)=N1. The minimum atomic E-state index is -0.0866. The Kier molecular flexibility index (Phi) is 2.69. The van der Waals surface area contributed by atoms with E-state index in [0.29, 0.717) is 0 Å². The van der Waals surface area contributed by atoms with Gasteiger partial charge in [-0.05, 0) is 49.4 Å². The molecule has 0 unspecified atom stereocenters. The molecule has 1 aromatic carbocycles. The van der Waals surface area contributed by atoms with Gasteiger partial charge in [-0.25, -0.2) is 0 Å². The summed E-state index contributed by atoms with van der Waals surface area (Å²) in [7, 11) is 0. The number of fused-ring (bicyclic) bond motifs is 2. The largest absolute Gasteiger partial charge is 0.275 e. The second-order valence-electron chi connectivity index (χ2n) is 6.01. The normalized spacial score (nSPS) is 16.6. The molecule has 1 aliphatic heterocycles. The molecule has 0 amide bonds. The Morgan fingerprint density at radius 1 is 1.10 bits per heavy atom. The van der Waals surface area contributed by atoms with E-state index in [4.69, 9.17) is 4.99 Å². The second kappa shape index (κ2) is 4.46. The van der Waals surface area contributed by atoms with Crippen molar-refractivity contribution in [3.05, 3.63) is 57.9 Å². The minimum Gasteiger partial charge on any atom is -0.275 e. The van der Waals surface area contributed by atoms with Crippen LogP contribution in [0, 0.1) is 0 Å². The maximum absolute atomic E-state index is 4.93. The van der Waals surface area contributed by atoms with E-state index in [1.54, 1.807) is 11.3 Å². The van der Waals surface area contributed by atoms with Crippen LogP contribution in [0.3, 0.4) is 0 Å². The van der Waals surface area contributed by atoms with Gasteiger partial charge in [-0.3, -0.25) is 4.99 Å². The fourth-order valence-electron chi connectivity index (χ4n) is 2.82. The lowest BCUT2D eigenvalue weighted by Gasteiger charge is -2.26. The van der Waals surface area contributed by atoms with Crippen LogP contribution in [0.2, 0.25) is 0 Å². The average molecular weight is 293 g/mol. The topological polar surface area (TPSA) is 38.1 Å². The zero-order valence-corrected chi connectivity index (χ0v) is 12.8. The number of benzene rings is 1. The Hall–Kier alpha value is -2.07. The fourth-order valence-corrected chi connectivity index (χ4v) is 3.74. The monoisotopic (exact) mass is 293 g/mol. The van der Waals surface area contributed by atoms with Crippen LogP contribution in [-0.2, 0) is 6.42 Å². The molecule has 0 saturated carbocycles. The van der Waals surface area contributed by atoms with Crippen LogP contribution in [0.1, 0.15) is 30.0 Å². The van der Waals surface area contributed by atoms with Gasteiger partial charge in [-0.15, -0.1) is 21.5 Å². The highest BCUT2D eigenvalue weighted by molar-refractivity contribution is 7.12. The molecule has 4 heteroatoms. The van der Waals surface area contributed by atoms with Crippen molar-refractivity contribution in [3.8, 4) is 0 Å². The highest BCUT2D eigenvalue weighted by atomic mass is 32.1. The molecule has 3 nitrogen and oxygen atoms in total. The zero-order chi connectivity index (χ0) is 14.4. The van der Waals surface area contributed by atoms with E-state index in [-0.39, 0.29) is 5.54 Å². The van der Waals surface area contributed by atoms with Crippen LogP contribution in [0.5, 0.6) is 0 Å². The Bertz CT molecular complexity index is 861. The lowest BCUT2D eigenvalue weighted by atomic mass is 9.91. The first-order valence-electron chi connectivity index (χ1n) is 7.02. The van der Waals surface area contributed by atoms with Gasteiger partial charge < -0.3 is 0 Å². The molecule has 0 atom stereocenters. The highest BCUT2D eigenvalue weighted by Crippen LogP contribution is 2.32. The molecule has 0 bridgehead atoms. The van der Waals surface area contributed by atoms with Gasteiger partial charge in [0, 0.05) is 5.39 Å². The van der Waals surface area contributed by atoms with Crippen molar-refractivity contribution in [2.75, 3.05) is 0 Å². The summed E-state index contributed by atoms with van der Waals surface area (Å²) in [5.74, 6) is 0. The molecule has 104 valence electrons. The van der Waals surface area contributed by atoms with Crippen molar-refractivity contribution in [1.29, 1.82) is 0 Å². The molecule has 2 aromatic heterocycles. The van der Waals surface area contributed by atoms with Crippen molar-refractivity contribution in [1.82, 2.24) is 10.2 Å². The van der Waals surface area contributed by atoms with Crippen LogP contribution in [0.15, 0.2) is 46.8 Å². The molecule has 0 spiro atoms. The van der Waals surface area contributed by atoms with Crippen molar-refractivity contribution < 1.29 is 0 Å². The van der Waals surface area contributed by atoms with Crippen LogP contribution < -0.4 is 0 Å². The smallest absolute Gasteiger partial charge is 0.113 e. The number of nitrogens with zero attached hydrogens (tertiary/aromatic N) is 3. The Balaban J connectivity index is 1.92. The summed E-state index contributed by atoms with van der Waals surface area (Å²) in [4.78, 5) is 6.16. The van der Waals surface area contributed by atoms with Crippen LogP contribution in [-0.4, -0.2) is 21.4 Å². The average Bonchev–Trinajstić information content (AvgIpc) is 2.92. The Labute approximate surface area is 127 Å². The predicted octanol–water partition coefficient (Wildman–Crippen LogP) is 3.86. The zero-order valence-electron chi connectivity index (χ0n) is 12.0. The fraction of sp³-hybridized carbons (Fsp3) is 0.235. The maximum Gasteiger partial charge on any atom is 0.113 e. The summed E-state index contributed by atoms with van der Waals surface area (Å²) in [5, 5.41) is 12.0. The standard InChI is InChI=1S/C17H15N3S/c1-17(2)10-12-7-8-21-16(12)15(18-17)14-9-11-5-3-4-6-13(11)19-20-14/h3-9H,10H2,1-2H3. The van der Waals surface area contributed by atoms with E-state index < -0.39 is 0 Å². The number of aliphatic imine (C=N–C) groups is 1. The molecule has 0 fully saturated rings. The summed E-state index contributed by atoms with van der Waals surface area (Å²) in [6.07, 6.45) is 0.982. The molecular weight excluding hydrogens is 278 g/mol. The third kappa shape index (κ3) is 2.16. The minimum absolute atomic E-state index is 0.0866. The number of thiophene rings is 1.